The fourth-order valence-corrected chi connectivity index (χ4v) is 2.21. The third-order valence-corrected chi connectivity index (χ3v) is 3.50. The SMILES string of the molecule is O=C(O)c1cc(OC2O[C@@H](CO)[C@@H](O)[C@@H](O)[C@@H]2O)cc(C(=O)O)c1. The number of carbonyl (C=O) groups is 2. The average molecular weight is 344 g/mol. The van der Waals surface area contributed by atoms with Crippen LogP contribution in [0.1, 0.15) is 20.7 Å². The number of carboxylic acids is 2. The maximum absolute atomic E-state index is 11.0. The van der Waals surface area contributed by atoms with Crippen LogP contribution < -0.4 is 4.74 Å². The number of rotatable bonds is 5. The summed E-state index contributed by atoms with van der Waals surface area (Å²) in [4.78, 5) is 22.1. The molecule has 24 heavy (non-hydrogen) atoms. The second kappa shape index (κ2) is 7.11. The van der Waals surface area contributed by atoms with Gasteiger partial charge in [-0.15, -0.1) is 0 Å². The van der Waals surface area contributed by atoms with Gasteiger partial charge in [0.05, 0.1) is 17.7 Å². The highest BCUT2D eigenvalue weighted by Gasteiger charge is 2.44. The van der Waals surface area contributed by atoms with E-state index in [1.807, 2.05) is 0 Å². The number of aromatic carboxylic acids is 2. The van der Waals surface area contributed by atoms with Crippen LogP contribution >= 0.6 is 0 Å². The van der Waals surface area contributed by atoms with Gasteiger partial charge < -0.3 is 40.1 Å². The van der Waals surface area contributed by atoms with Crippen LogP contribution in [0.15, 0.2) is 18.2 Å². The van der Waals surface area contributed by atoms with Crippen LogP contribution in [-0.2, 0) is 4.74 Å². The molecule has 1 unspecified atom stereocenters. The summed E-state index contributed by atoms with van der Waals surface area (Å²) in [5, 5.41) is 56.3. The minimum Gasteiger partial charge on any atom is -0.478 e. The number of aliphatic hydroxyl groups is 4. The predicted molar refractivity (Wildman–Crippen MR) is 74.8 cm³/mol. The Kier molecular flexibility index (Phi) is 5.36. The van der Waals surface area contributed by atoms with Crippen LogP contribution in [0.2, 0.25) is 0 Å². The Morgan fingerprint density at radius 1 is 0.958 bits per heavy atom. The highest BCUT2D eigenvalue weighted by atomic mass is 16.7. The lowest BCUT2D eigenvalue weighted by molar-refractivity contribution is -0.277. The summed E-state index contributed by atoms with van der Waals surface area (Å²) >= 11 is 0. The molecule has 5 atom stereocenters. The largest absolute Gasteiger partial charge is 0.478 e. The Bertz CT molecular complexity index is 596. The van der Waals surface area contributed by atoms with Crippen LogP contribution in [0.3, 0.4) is 0 Å². The quantitative estimate of drug-likeness (QED) is 0.360. The van der Waals surface area contributed by atoms with Crippen molar-refractivity contribution < 1.29 is 49.7 Å². The van der Waals surface area contributed by atoms with Gasteiger partial charge in [0.2, 0.25) is 6.29 Å². The highest BCUT2D eigenvalue weighted by Crippen LogP contribution is 2.26. The lowest BCUT2D eigenvalue weighted by Gasteiger charge is -2.39. The van der Waals surface area contributed by atoms with E-state index in [1.54, 1.807) is 0 Å². The molecule has 10 nitrogen and oxygen atoms in total. The first-order valence-corrected chi connectivity index (χ1v) is 6.83. The normalized spacial score (nSPS) is 29.9. The van der Waals surface area contributed by atoms with E-state index in [9.17, 15) is 24.9 Å². The third kappa shape index (κ3) is 3.63. The van der Waals surface area contributed by atoms with E-state index in [-0.39, 0.29) is 16.9 Å². The molecule has 1 aromatic rings. The zero-order chi connectivity index (χ0) is 18.0. The van der Waals surface area contributed by atoms with E-state index in [1.165, 1.54) is 0 Å². The summed E-state index contributed by atoms with van der Waals surface area (Å²) in [5.74, 6) is -3.02. The number of carboxylic acid groups (broad SMARTS) is 2. The smallest absolute Gasteiger partial charge is 0.335 e. The lowest BCUT2D eigenvalue weighted by atomic mass is 9.99. The van der Waals surface area contributed by atoms with Crippen molar-refractivity contribution >= 4 is 11.9 Å². The van der Waals surface area contributed by atoms with Gasteiger partial charge in [0.15, 0.2) is 0 Å². The molecule has 0 bridgehead atoms. The van der Waals surface area contributed by atoms with Gasteiger partial charge >= 0.3 is 11.9 Å². The van der Waals surface area contributed by atoms with Gasteiger partial charge in [0.1, 0.15) is 30.2 Å². The summed E-state index contributed by atoms with van der Waals surface area (Å²) in [6.45, 7) is -0.666. The number of benzene rings is 1. The van der Waals surface area contributed by atoms with Crippen LogP contribution in [0.25, 0.3) is 0 Å². The maximum atomic E-state index is 11.0. The molecule has 0 amide bonds. The van der Waals surface area contributed by atoms with Crippen LogP contribution in [-0.4, -0.2) is 79.9 Å². The van der Waals surface area contributed by atoms with Crippen molar-refractivity contribution in [1.29, 1.82) is 0 Å². The topological polar surface area (TPSA) is 174 Å². The summed E-state index contributed by atoms with van der Waals surface area (Å²) in [6.07, 6.45) is -7.72. The van der Waals surface area contributed by atoms with Crippen molar-refractivity contribution in [2.45, 2.75) is 30.7 Å². The summed E-state index contributed by atoms with van der Waals surface area (Å²) in [7, 11) is 0. The maximum Gasteiger partial charge on any atom is 0.335 e. The number of hydrogen-bond donors (Lipinski definition) is 6. The van der Waals surface area contributed by atoms with Crippen molar-refractivity contribution in [2.75, 3.05) is 6.61 Å². The summed E-state index contributed by atoms with van der Waals surface area (Å²) in [6, 6.07) is 2.94. The molecule has 0 saturated carbocycles. The van der Waals surface area contributed by atoms with Crippen molar-refractivity contribution in [3.05, 3.63) is 29.3 Å². The van der Waals surface area contributed by atoms with Gasteiger partial charge in [-0.05, 0) is 18.2 Å². The summed E-state index contributed by atoms with van der Waals surface area (Å²) < 4.78 is 10.3. The molecule has 10 heteroatoms. The molecule has 0 radical (unpaired) electrons. The Balaban J connectivity index is 2.29. The predicted octanol–water partition coefficient (Wildman–Crippen LogP) is -1.74. The fourth-order valence-electron chi connectivity index (χ4n) is 2.21. The first-order valence-electron chi connectivity index (χ1n) is 6.83. The number of ether oxygens (including phenoxy) is 2. The van der Waals surface area contributed by atoms with E-state index in [4.69, 9.17) is 24.8 Å². The molecule has 1 heterocycles. The second-order valence-corrected chi connectivity index (χ2v) is 5.17. The molecule has 0 aliphatic carbocycles. The van der Waals surface area contributed by atoms with Gasteiger partial charge in [-0.3, -0.25) is 0 Å². The number of hydrogen-bond acceptors (Lipinski definition) is 8. The van der Waals surface area contributed by atoms with Crippen molar-refractivity contribution in [2.24, 2.45) is 0 Å². The average Bonchev–Trinajstić information content (AvgIpc) is 2.55. The van der Waals surface area contributed by atoms with Gasteiger partial charge in [-0.25, -0.2) is 9.59 Å². The van der Waals surface area contributed by atoms with Crippen LogP contribution in [0.5, 0.6) is 5.75 Å². The molecule has 1 fully saturated rings. The van der Waals surface area contributed by atoms with E-state index in [2.05, 4.69) is 0 Å². The molecular formula is C14H16O10. The first kappa shape index (κ1) is 18.1. The molecule has 6 N–H and O–H groups in total. The third-order valence-electron chi connectivity index (χ3n) is 3.50. The minimum absolute atomic E-state index is 0.239. The van der Waals surface area contributed by atoms with Gasteiger partial charge in [-0.1, -0.05) is 0 Å². The number of aliphatic hydroxyl groups excluding tert-OH is 4. The molecule has 1 aromatic carbocycles. The standard InChI is InChI=1S/C14H16O10/c15-4-8-9(16)10(17)11(18)14(24-8)23-7-2-5(12(19)20)1-6(3-7)13(21)22/h1-3,8-11,14-18H,4H2,(H,19,20)(H,21,22)/t8-,9+,10+,11-,14?/m0/s1. The van der Waals surface area contributed by atoms with Crippen LogP contribution in [0, 0.1) is 0 Å². The Morgan fingerprint density at radius 2 is 1.50 bits per heavy atom. The van der Waals surface area contributed by atoms with Gasteiger partial charge in [-0.2, -0.15) is 0 Å². The van der Waals surface area contributed by atoms with Gasteiger partial charge in [0, 0.05) is 0 Å². The van der Waals surface area contributed by atoms with Gasteiger partial charge in [0.25, 0.3) is 0 Å². The van der Waals surface area contributed by atoms with E-state index >= 15 is 0 Å². The van der Waals surface area contributed by atoms with E-state index < -0.39 is 49.3 Å². The van der Waals surface area contributed by atoms with Crippen molar-refractivity contribution in [3.63, 3.8) is 0 Å². The monoisotopic (exact) mass is 344 g/mol. The minimum atomic E-state index is -1.70. The second-order valence-electron chi connectivity index (χ2n) is 5.17. The Morgan fingerprint density at radius 3 is 1.96 bits per heavy atom. The zero-order valence-corrected chi connectivity index (χ0v) is 12.1. The summed E-state index contributed by atoms with van der Waals surface area (Å²) in [5.41, 5.74) is -0.732. The Labute approximate surface area is 135 Å². The van der Waals surface area contributed by atoms with E-state index in [0.29, 0.717) is 0 Å². The molecule has 1 aliphatic rings. The molecule has 0 aromatic heterocycles. The fraction of sp³-hybridized carbons (Fsp3) is 0.429. The zero-order valence-electron chi connectivity index (χ0n) is 12.1. The van der Waals surface area contributed by atoms with E-state index in [0.717, 1.165) is 18.2 Å². The molecule has 0 spiro atoms. The Hall–Kier alpha value is -2.24. The van der Waals surface area contributed by atoms with Crippen molar-refractivity contribution in [1.82, 2.24) is 0 Å². The first-order chi connectivity index (χ1) is 11.2. The molecule has 1 saturated heterocycles. The molecular weight excluding hydrogens is 328 g/mol. The lowest BCUT2D eigenvalue weighted by Crippen LogP contribution is -2.60. The molecule has 132 valence electrons. The van der Waals surface area contributed by atoms with Crippen LogP contribution in [0.4, 0.5) is 0 Å². The van der Waals surface area contributed by atoms with Crippen molar-refractivity contribution in [3.8, 4) is 5.75 Å². The highest BCUT2D eigenvalue weighted by molar-refractivity contribution is 5.94. The molecule has 2 rings (SSSR count). The molecule has 1 aliphatic heterocycles.